The summed E-state index contributed by atoms with van der Waals surface area (Å²) in [6, 6.07) is 5.90. The number of nitrogens with zero attached hydrogens (tertiary/aromatic N) is 4. The summed E-state index contributed by atoms with van der Waals surface area (Å²) in [6.07, 6.45) is 0. The van der Waals surface area contributed by atoms with Crippen LogP contribution in [0.2, 0.25) is 0 Å². The molecule has 1 heterocycles. The Labute approximate surface area is 161 Å². The van der Waals surface area contributed by atoms with Crippen molar-refractivity contribution in [2.75, 3.05) is 48.0 Å². The van der Waals surface area contributed by atoms with Gasteiger partial charge in [-0.15, -0.1) is 0 Å². The second-order valence-corrected chi connectivity index (χ2v) is 7.22. The summed E-state index contributed by atoms with van der Waals surface area (Å²) in [7, 11) is -2.49. The quantitative estimate of drug-likeness (QED) is 0.331. The summed E-state index contributed by atoms with van der Waals surface area (Å²) in [6.45, 7) is -0.00686. The average molecular weight is 412 g/mol. The van der Waals surface area contributed by atoms with Crippen LogP contribution < -0.4 is 15.5 Å². The maximum absolute atomic E-state index is 10.9. The number of likely N-dealkylation sites (N-methyl/N-ethyl adjacent to an activating group) is 1. The summed E-state index contributed by atoms with van der Waals surface area (Å²) in [5, 5.41) is 23.6. The van der Waals surface area contributed by atoms with E-state index < -0.39 is 21.8 Å². The second-order valence-electron chi connectivity index (χ2n) is 5.65. The van der Waals surface area contributed by atoms with Gasteiger partial charge in [0.1, 0.15) is 0 Å². The number of aromatic carboxylic acids is 1. The SMILES string of the molecule is CN(CCO)c1nc(NCCS(=O)(=O)O)nc(Nc2ccc(C(=O)O)cc2)n1. The third-order valence-corrected chi connectivity index (χ3v) is 4.15. The predicted octanol–water partition coefficient (Wildman–Crippen LogP) is 0.0416. The molecule has 0 atom stereocenters. The molecule has 5 N–H and O–H groups in total. The molecular weight excluding hydrogens is 392 g/mol. The van der Waals surface area contributed by atoms with Crippen LogP contribution in [0, 0.1) is 0 Å². The first-order chi connectivity index (χ1) is 13.2. The highest BCUT2D eigenvalue weighted by molar-refractivity contribution is 7.85. The normalized spacial score (nSPS) is 11.1. The Morgan fingerprint density at radius 3 is 2.36 bits per heavy atom. The van der Waals surface area contributed by atoms with Gasteiger partial charge in [0.15, 0.2) is 0 Å². The fourth-order valence-electron chi connectivity index (χ4n) is 2.04. The van der Waals surface area contributed by atoms with Crippen LogP contribution in [0.25, 0.3) is 0 Å². The van der Waals surface area contributed by atoms with Gasteiger partial charge in [0.25, 0.3) is 10.1 Å². The van der Waals surface area contributed by atoms with E-state index >= 15 is 0 Å². The third kappa shape index (κ3) is 6.61. The topological polar surface area (TPSA) is 178 Å². The second kappa shape index (κ2) is 9.25. The van der Waals surface area contributed by atoms with Crippen LogP contribution in [0.3, 0.4) is 0 Å². The van der Waals surface area contributed by atoms with Gasteiger partial charge in [0.2, 0.25) is 17.8 Å². The number of rotatable bonds is 10. The summed E-state index contributed by atoms with van der Waals surface area (Å²) < 4.78 is 30.5. The molecule has 0 fully saturated rings. The number of aliphatic hydroxyl groups is 1. The van der Waals surface area contributed by atoms with Crippen molar-refractivity contribution in [1.29, 1.82) is 0 Å². The van der Waals surface area contributed by atoms with E-state index in [1.807, 2.05) is 0 Å². The standard InChI is InChI=1S/C15H20N6O6S/c1-21(7-8-22)15-19-13(16-6-9-28(25,26)27)18-14(20-15)17-11-4-2-10(3-5-11)12(23)24/h2-5,22H,6-9H2,1H3,(H,23,24)(H,25,26,27)(H2,16,17,18,19,20). The zero-order chi connectivity index (χ0) is 20.7. The van der Waals surface area contributed by atoms with Gasteiger partial charge in [-0.05, 0) is 24.3 Å². The monoisotopic (exact) mass is 412 g/mol. The maximum atomic E-state index is 10.9. The van der Waals surface area contributed by atoms with Crippen LogP contribution in [-0.4, -0.2) is 76.6 Å². The molecule has 0 amide bonds. The fourth-order valence-corrected chi connectivity index (χ4v) is 2.40. The maximum Gasteiger partial charge on any atom is 0.335 e. The molecule has 0 unspecified atom stereocenters. The number of carboxylic acid groups (broad SMARTS) is 1. The van der Waals surface area contributed by atoms with Crippen molar-refractivity contribution >= 4 is 39.6 Å². The molecule has 0 aliphatic carbocycles. The smallest absolute Gasteiger partial charge is 0.335 e. The molecule has 0 bridgehead atoms. The lowest BCUT2D eigenvalue weighted by Gasteiger charge is -2.17. The van der Waals surface area contributed by atoms with Crippen molar-refractivity contribution < 1.29 is 28.0 Å². The predicted molar refractivity (Wildman–Crippen MR) is 102 cm³/mol. The highest BCUT2D eigenvalue weighted by atomic mass is 32.2. The lowest BCUT2D eigenvalue weighted by molar-refractivity contribution is 0.0697. The van der Waals surface area contributed by atoms with Crippen LogP contribution in [0.5, 0.6) is 0 Å². The number of carbonyl (C=O) groups is 1. The number of hydrogen-bond donors (Lipinski definition) is 5. The van der Waals surface area contributed by atoms with Crippen LogP contribution in [0.15, 0.2) is 24.3 Å². The zero-order valence-electron chi connectivity index (χ0n) is 14.9. The van der Waals surface area contributed by atoms with Crippen LogP contribution >= 0.6 is 0 Å². The van der Waals surface area contributed by atoms with Gasteiger partial charge in [-0.1, -0.05) is 0 Å². The van der Waals surface area contributed by atoms with Gasteiger partial charge in [0.05, 0.1) is 17.9 Å². The first-order valence-corrected chi connectivity index (χ1v) is 9.66. The molecule has 1 aromatic carbocycles. The fraction of sp³-hybridized carbons (Fsp3) is 0.333. The summed E-state index contributed by atoms with van der Waals surface area (Å²) in [4.78, 5) is 25.0. The molecule has 152 valence electrons. The molecule has 0 radical (unpaired) electrons. The highest BCUT2D eigenvalue weighted by Crippen LogP contribution is 2.18. The average Bonchev–Trinajstić information content (AvgIpc) is 2.61. The molecule has 12 nitrogen and oxygen atoms in total. The van der Waals surface area contributed by atoms with Gasteiger partial charge >= 0.3 is 5.97 Å². The number of aliphatic hydroxyl groups excluding tert-OH is 1. The number of hydrogen-bond acceptors (Lipinski definition) is 10. The summed E-state index contributed by atoms with van der Waals surface area (Å²) in [5.74, 6) is -1.19. The van der Waals surface area contributed by atoms with E-state index in [0.717, 1.165) is 0 Å². The Balaban J connectivity index is 2.23. The zero-order valence-corrected chi connectivity index (χ0v) is 15.7. The first-order valence-electron chi connectivity index (χ1n) is 8.05. The third-order valence-electron chi connectivity index (χ3n) is 3.43. The van der Waals surface area contributed by atoms with Crippen molar-refractivity contribution in [3.8, 4) is 0 Å². The molecule has 0 saturated carbocycles. The molecule has 2 rings (SSSR count). The Hall–Kier alpha value is -3.03. The summed E-state index contributed by atoms with van der Waals surface area (Å²) in [5.41, 5.74) is 0.646. The van der Waals surface area contributed by atoms with Crippen molar-refractivity contribution in [3.05, 3.63) is 29.8 Å². The van der Waals surface area contributed by atoms with Gasteiger partial charge < -0.3 is 25.7 Å². The molecule has 2 aromatic rings. The van der Waals surface area contributed by atoms with Gasteiger partial charge in [-0.3, -0.25) is 4.55 Å². The van der Waals surface area contributed by atoms with Crippen molar-refractivity contribution in [3.63, 3.8) is 0 Å². The Morgan fingerprint density at radius 2 is 1.79 bits per heavy atom. The van der Waals surface area contributed by atoms with Crippen molar-refractivity contribution in [2.45, 2.75) is 0 Å². The Kier molecular flexibility index (Phi) is 7.03. The van der Waals surface area contributed by atoms with E-state index in [1.54, 1.807) is 11.9 Å². The van der Waals surface area contributed by atoms with Crippen molar-refractivity contribution in [1.82, 2.24) is 15.0 Å². The molecule has 0 saturated heterocycles. The van der Waals surface area contributed by atoms with Gasteiger partial charge in [0, 0.05) is 25.8 Å². The highest BCUT2D eigenvalue weighted by Gasteiger charge is 2.12. The lowest BCUT2D eigenvalue weighted by atomic mass is 10.2. The van der Waals surface area contributed by atoms with E-state index in [-0.39, 0.29) is 43.1 Å². The molecule has 0 spiro atoms. The molecule has 0 aliphatic heterocycles. The van der Waals surface area contributed by atoms with Crippen LogP contribution in [0.4, 0.5) is 23.5 Å². The number of benzene rings is 1. The summed E-state index contributed by atoms with van der Waals surface area (Å²) >= 11 is 0. The molecule has 28 heavy (non-hydrogen) atoms. The molecule has 13 heteroatoms. The van der Waals surface area contributed by atoms with E-state index in [9.17, 15) is 13.2 Å². The van der Waals surface area contributed by atoms with E-state index in [4.69, 9.17) is 14.8 Å². The molecule has 0 aliphatic rings. The molecular formula is C15H20N6O6S. The first kappa shape index (κ1) is 21.3. The van der Waals surface area contributed by atoms with E-state index in [0.29, 0.717) is 5.69 Å². The number of aromatic nitrogens is 3. The van der Waals surface area contributed by atoms with Crippen LogP contribution in [-0.2, 0) is 10.1 Å². The minimum Gasteiger partial charge on any atom is -0.478 e. The largest absolute Gasteiger partial charge is 0.478 e. The Morgan fingerprint density at radius 1 is 1.14 bits per heavy atom. The minimum atomic E-state index is -4.14. The van der Waals surface area contributed by atoms with Gasteiger partial charge in [-0.25, -0.2) is 4.79 Å². The minimum absolute atomic E-state index is 0.0584. The Bertz CT molecular complexity index is 921. The number of nitrogens with one attached hydrogen (secondary N) is 2. The lowest BCUT2D eigenvalue weighted by Crippen LogP contribution is -2.25. The van der Waals surface area contributed by atoms with Crippen molar-refractivity contribution in [2.24, 2.45) is 0 Å². The number of carboxylic acids is 1. The molecule has 1 aromatic heterocycles. The number of anilines is 4. The van der Waals surface area contributed by atoms with E-state index in [2.05, 4.69) is 25.6 Å². The van der Waals surface area contributed by atoms with Gasteiger partial charge in [-0.2, -0.15) is 23.4 Å². The van der Waals surface area contributed by atoms with Crippen LogP contribution in [0.1, 0.15) is 10.4 Å². The van der Waals surface area contributed by atoms with E-state index in [1.165, 1.54) is 24.3 Å².